The fourth-order valence-corrected chi connectivity index (χ4v) is 1.74. The number of hydrogen-bond acceptors (Lipinski definition) is 4. The van der Waals surface area contributed by atoms with E-state index in [0.717, 1.165) is 24.0 Å². The molecule has 1 fully saturated rings. The third-order valence-corrected chi connectivity index (χ3v) is 2.89. The first-order valence-electron chi connectivity index (χ1n) is 5.55. The maximum absolute atomic E-state index is 11.7. The van der Waals surface area contributed by atoms with Crippen LogP contribution in [0.25, 0.3) is 10.9 Å². The highest BCUT2D eigenvalue weighted by Gasteiger charge is 2.24. The second-order valence-electron chi connectivity index (χ2n) is 4.11. The molecule has 3 heterocycles. The van der Waals surface area contributed by atoms with Crippen molar-refractivity contribution in [1.29, 1.82) is 0 Å². The first-order valence-corrected chi connectivity index (χ1v) is 5.55. The summed E-state index contributed by atoms with van der Waals surface area (Å²) in [5, 5.41) is 6.86. The number of anilines is 1. The molecule has 0 unspecified atom stereocenters. The van der Waals surface area contributed by atoms with E-state index in [1.807, 2.05) is 12.1 Å². The van der Waals surface area contributed by atoms with Crippen LogP contribution in [0.5, 0.6) is 0 Å². The van der Waals surface area contributed by atoms with Gasteiger partial charge in [0.05, 0.1) is 11.4 Å². The van der Waals surface area contributed by atoms with E-state index in [2.05, 4.69) is 20.6 Å². The number of fused-ring (bicyclic) bond motifs is 1. The van der Waals surface area contributed by atoms with Gasteiger partial charge in [-0.3, -0.25) is 9.78 Å². The number of carbonyl (C=O) groups excluding carboxylic acids is 1. The fraction of sp³-hybridized carbons (Fsp3) is 0.250. The zero-order chi connectivity index (χ0) is 11.7. The largest absolute Gasteiger partial charge is 0.315 e. The van der Waals surface area contributed by atoms with E-state index < -0.39 is 0 Å². The van der Waals surface area contributed by atoms with Crippen molar-refractivity contribution in [2.75, 3.05) is 18.4 Å². The molecule has 0 bridgehead atoms. The lowest BCUT2D eigenvalue weighted by Gasteiger charge is -2.25. The van der Waals surface area contributed by atoms with E-state index in [4.69, 9.17) is 0 Å². The van der Waals surface area contributed by atoms with Gasteiger partial charge in [-0.2, -0.15) is 0 Å². The van der Waals surface area contributed by atoms with Gasteiger partial charge in [0.1, 0.15) is 5.82 Å². The molecule has 2 N–H and O–H groups in total. The molecule has 5 nitrogen and oxygen atoms in total. The second-order valence-corrected chi connectivity index (χ2v) is 4.11. The van der Waals surface area contributed by atoms with Crippen LogP contribution in [0.15, 0.2) is 30.6 Å². The molecule has 1 aliphatic rings. The Kier molecular flexibility index (Phi) is 2.45. The zero-order valence-electron chi connectivity index (χ0n) is 9.18. The predicted molar refractivity (Wildman–Crippen MR) is 64.5 cm³/mol. The summed E-state index contributed by atoms with van der Waals surface area (Å²) in [6.45, 7) is 1.51. The van der Waals surface area contributed by atoms with E-state index in [0.29, 0.717) is 5.82 Å². The Morgan fingerprint density at radius 2 is 2.24 bits per heavy atom. The quantitative estimate of drug-likeness (QED) is 0.797. The first-order chi connectivity index (χ1) is 8.33. The zero-order valence-corrected chi connectivity index (χ0v) is 9.18. The van der Waals surface area contributed by atoms with E-state index in [1.165, 1.54) is 0 Å². The van der Waals surface area contributed by atoms with Gasteiger partial charge < -0.3 is 10.6 Å². The van der Waals surface area contributed by atoms with Gasteiger partial charge in [0.25, 0.3) is 0 Å². The van der Waals surface area contributed by atoms with Gasteiger partial charge in [-0.1, -0.05) is 0 Å². The van der Waals surface area contributed by atoms with Crippen molar-refractivity contribution in [1.82, 2.24) is 15.3 Å². The highest BCUT2D eigenvalue weighted by Crippen LogP contribution is 2.14. The molecule has 5 heteroatoms. The lowest BCUT2D eigenvalue weighted by Crippen LogP contribution is -2.48. The van der Waals surface area contributed by atoms with Gasteiger partial charge >= 0.3 is 0 Å². The van der Waals surface area contributed by atoms with Gasteiger partial charge in [0.2, 0.25) is 5.91 Å². The molecule has 0 saturated carbocycles. The number of nitrogens with zero attached hydrogens (tertiary/aromatic N) is 2. The standard InChI is InChI=1S/C12H12N4O/c17-12(9-6-14-7-9)16-11-2-1-8-5-13-4-3-10(8)15-11/h1-5,9,14H,6-7H2,(H,15,16,17). The minimum absolute atomic E-state index is 0.0321. The molecule has 2 aromatic heterocycles. The van der Waals surface area contributed by atoms with Crippen LogP contribution >= 0.6 is 0 Å². The molecule has 17 heavy (non-hydrogen) atoms. The lowest BCUT2D eigenvalue weighted by molar-refractivity contribution is -0.121. The molecule has 0 aliphatic carbocycles. The Morgan fingerprint density at radius 1 is 1.35 bits per heavy atom. The van der Waals surface area contributed by atoms with Crippen molar-refractivity contribution in [2.45, 2.75) is 0 Å². The van der Waals surface area contributed by atoms with Crippen LogP contribution < -0.4 is 10.6 Å². The molecule has 86 valence electrons. The van der Waals surface area contributed by atoms with Crippen LogP contribution in [0, 0.1) is 5.92 Å². The number of pyridine rings is 2. The summed E-state index contributed by atoms with van der Waals surface area (Å²) < 4.78 is 0. The molecular weight excluding hydrogens is 216 g/mol. The average Bonchev–Trinajstić information content (AvgIpc) is 2.26. The predicted octanol–water partition coefficient (Wildman–Crippen LogP) is 0.788. The summed E-state index contributed by atoms with van der Waals surface area (Å²) in [6, 6.07) is 5.54. The van der Waals surface area contributed by atoms with E-state index in [1.54, 1.807) is 18.5 Å². The van der Waals surface area contributed by atoms with Crippen LogP contribution in [0.2, 0.25) is 0 Å². The third kappa shape index (κ3) is 1.97. The molecule has 1 amide bonds. The molecule has 0 atom stereocenters. The minimum Gasteiger partial charge on any atom is -0.315 e. The summed E-state index contributed by atoms with van der Waals surface area (Å²) in [6.07, 6.45) is 3.45. The van der Waals surface area contributed by atoms with Crippen molar-refractivity contribution in [3.8, 4) is 0 Å². The number of carbonyl (C=O) groups is 1. The summed E-state index contributed by atoms with van der Waals surface area (Å²) in [7, 11) is 0. The Morgan fingerprint density at radius 3 is 3.00 bits per heavy atom. The summed E-state index contributed by atoms with van der Waals surface area (Å²) in [4.78, 5) is 20.1. The molecular formula is C12H12N4O. The Labute approximate surface area is 98.3 Å². The molecule has 0 radical (unpaired) electrons. The van der Waals surface area contributed by atoms with Crippen molar-refractivity contribution in [3.05, 3.63) is 30.6 Å². The first kappa shape index (κ1) is 10.2. The number of nitrogens with one attached hydrogen (secondary N) is 2. The van der Waals surface area contributed by atoms with Crippen molar-refractivity contribution in [3.63, 3.8) is 0 Å². The Hall–Kier alpha value is -2.01. The number of amides is 1. The van der Waals surface area contributed by atoms with Gasteiger partial charge in [-0.05, 0) is 18.2 Å². The molecule has 0 aromatic carbocycles. The van der Waals surface area contributed by atoms with Crippen molar-refractivity contribution >= 4 is 22.6 Å². The van der Waals surface area contributed by atoms with Crippen molar-refractivity contribution in [2.24, 2.45) is 5.92 Å². The van der Waals surface area contributed by atoms with Crippen LogP contribution in [-0.2, 0) is 4.79 Å². The van der Waals surface area contributed by atoms with Gasteiger partial charge in [-0.25, -0.2) is 4.98 Å². The highest BCUT2D eigenvalue weighted by molar-refractivity contribution is 5.93. The average molecular weight is 228 g/mol. The second kappa shape index (κ2) is 4.10. The normalized spacial score (nSPS) is 15.5. The Bertz CT molecular complexity index is 565. The lowest BCUT2D eigenvalue weighted by atomic mass is 10.0. The number of aromatic nitrogens is 2. The van der Waals surface area contributed by atoms with Gasteiger partial charge in [0, 0.05) is 30.9 Å². The van der Waals surface area contributed by atoms with Crippen molar-refractivity contribution < 1.29 is 4.79 Å². The summed E-state index contributed by atoms with van der Waals surface area (Å²) in [5.74, 6) is 0.704. The minimum atomic E-state index is 0.0321. The van der Waals surface area contributed by atoms with E-state index in [9.17, 15) is 4.79 Å². The molecule has 1 saturated heterocycles. The Balaban J connectivity index is 1.82. The topological polar surface area (TPSA) is 66.9 Å². The van der Waals surface area contributed by atoms with E-state index in [-0.39, 0.29) is 11.8 Å². The fourth-order valence-electron chi connectivity index (χ4n) is 1.74. The van der Waals surface area contributed by atoms with Crippen LogP contribution in [0.1, 0.15) is 0 Å². The van der Waals surface area contributed by atoms with Crippen LogP contribution in [0.4, 0.5) is 5.82 Å². The molecule has 2 aromatic rings. The van der Waals surface area contributed by atoms with Gasteiger partial charge in [0.15, 0.2) is 0 Å². The monoisotopic (exact) mass is 228 g/mol. The highest BCUT2D eigenvalue weighted by atomic mass is 16.2. The van der Waals surface area contributed by atoms with Crippen LogP contribution in [0.3, 0.4) is 0 Å². The number of hydrogen-bond donors (Lipinski definition) is 2. The molecule has 0 spiro atoms. The maximum atomic E-state index is 11.7. The third-order valence-electron chi connectivity index (χ3n) is 2.89. The summed E-state index contributed by atoms with van der Waals surface area (Å²) >= 11 is 0. The maximum Gasteiger partial charge on any atom is 0.231 e. The smallest absolute Gasteiger partial charge is 0.231 e. The number of rotatable bonds is 2. The SMILES string of the molecule is O=C(Nc1ccc2cnccc2n1)C1CNC1. The van der Waals surface area contributed by atoms with Gasteiger partial charge in [-0.15, -0.1) is 0 Å². The summed E-state index contributed by atoms with van der Waals surface area (Å²) in [5.41, 5.74) is 0.838. The van der Waals surface area contributed by atoms with Crippen LogP contribution in [-0.4, -0.2) is 29.0 Å². The molecule has 1 aliphatic heterocycles. The van der Waals surface area contributed by atoms with E-state index >= 15 is 0 Å². The molecule has 3 rings (SSSR count).